The Labute approximate surface area is 114 Å². The van der Waals surface area contributed by atoms with Crippen LogP contribution >= 0.6 is 11.3 Å². The number of nitrogens with one attached hydrogen (secondary N) is 1. The van der Waals surface area contributed by atoms with Gasteiger partial charge in [0, 0.05) is 30.1 Å². The summed E-state index contributed by atoms with van der Waals surface area (Å²) in [6.07, 6.45) is 1.98. The average molecular weight is 268 g/mol. The molecule has 2 heterocycles. The number of aryl methyl sites for hydroxylation is 1. The molecule has 0 saturated carbocycles. The molecule has 0 bridgehead atoms. The van der Waals surface area contributed by atoms with Crippen molar-refractivity contribution in [3.05, 3.63) is 16.1 Å². The summed E-state index contributed by atoms with van der Waals surface area (Å²) in [7, 11) is 0. The Morgan fingerprint density at radius 1 is 1.44 bits per heavy atom. The van der Waals surface area contributed by atoms with Crippen molar-refractivity contribution >= 4 is 11.3 Å². The number of hydrogen-bond donors (Lipinski definition) is 1. The minimum absolute atomic E-state index is 0.0190. The fraction of sp³-hybridized carbons (Fsp3) is 0.786. The van der Waals surface area contributed by atoms with Crippen LogP contribution in [0.5, 0.6) is 0 Å². The summed E-state index contributed by atoms with van der Waals surface area (Å²) in [5.41, 5.74) is 1.01. The van der Waals surface area contributed by atoms with Gasteiger partial charge in [-0.05, 0) is 41.0 Å². The molecule has 1 aromatic heterocycles. The van der Waals surface area contributed by atoms with Crippen LogP contribution in [0.2, 0.25) is 0 Å². The van der Waals surface area contributed by atoms with E-state index in [1.165, 1.54) is 5.01 Å². The lowest BCUT2D eigenvalue weighted by Crippen LogP contribution is -2.54. The highest BCUT2D eigenvalue weighted by Crippen LogP contribution is 2.40. The highest BCUT2D eigenvalue weighted by atomic mass is 32.1. The predicted molar refractivity (Wildman–Crippen MR) is 76.1 cm³/mol. The Bertz CT molecular complexity index is 414. The van der Waals surface area contributed by atoms with E-state index in [1.807, 2.05) is 0 Å². The van der Waals surface area contributed by atoms with Gasteiger partial charge >= 0.3 is 0 Å². The van der Waals surface area contributed by atoms with E-state index in [0.717, 1.165) is 25.1 Å². The second kappa shape index (κ2) is 4.91. The van der Waals surface area contributed by atoms with Gasteiger partial charge in [-0.3, -0.25) is 0 Å². The second-order valence-corrected chi connectivity index (χ2v) is 7.07. The van der Waals surface area contributed by atoms with Crippen LogP contribution in [0.3, 0.4) is 0 Å². The molecular weight excluding hydrogens is 244 g/mol. The largest absolute Gasteiger partial charge is 0.375 e. The van der Waals surface area contributed by atoms with Crippen LogP contribution in [0.15, 0.2) is 5.38 Å². The quantitative estimate of drug-likeness (QED) is 0.914. The topological polar surface area (TPSA) is 34.1 Å². The van der Waals surface area contributed by atoms with Crippen molar-refractivity contribution in [3.8, 4) is 0 Å². The van der Waals surface area contributed by atoms with Crippen molar-refractivity contribution in [2.75, 3.05) is 6.61 Å². The molecule has 1 aromatic rings. The fourth-order valence-corrected chi connectivity index (χ4v) is 3.85. The van der Waals surface area contributed by atoms with Crippen molar-refractivity contribution in [1.29, 1.82) is 0 Å². The first kappa shape index (κ1) is 14.0. The molecule has 1 saturated heterocycles. The third-order valence-electron chi connectivity index (χ3n) is 3.34. The summed E-state index contributed by atoms with van der Waals surface area (Å²) >= 11 is 1.77. The molecule has 0 amide bonds. The standard InChI is InChI=1S/C14H24N2OS/c1-10(2)16-14(12-15-11(3)8-18-12)6-7-17-13(4,5)9-14/h8,10,16H,6-7,9H2,1-5H3. The van der Waals surface area contributed by atoms with Crippen LogP contribution in [-0.4, -0.2) is 23.2 Å². The Balaban J connectivity index is 2.34. The number of rotatable bonds is 3. The number of thiazole rings is 1. The number of aromatic nitrogens is 1. The third kappa shape index (κ3) is 2.92. The maximum absolute atomic E-state index is 5.87. The highest BCUT2D eigenvalue weighted by Gasteiger charge is 2.44. The summed E-state index contributed by atoms with van der Waals surface area (Å²) in [5, 5.41) is 7.10. The molecule has 4 heteroatoms. The summed E-state index contributed by atoms with van der Waals surface area (Å²) in [6.45, 7) is 11.6. The summed E-state index contributed by atoms with van der Waals surface area (Å²) < 4.78 is 5.87. The first-order chi connectivity index (χ1) is 8.33. The van der Waals surface area contributed by atoms with E-state index in [4.69, 9.17) is 9.72 Å². The summed E-state index contributed by atoms with van der Waals surface area (Å²) in [6, 6.07) is 0.447. The number of hydrogen-bond acceptors (Lipinski definition) is 4. The van der Waals surface area contributed by atoms with Crippen LogP contribution in [0.4, 0.5) is 0 Å². The molecule has 1 unspecified atom stereocenters. The smallest absolute Gasteiger partial charge is 0.113 e. The van der Waals surface area contributed by atoms with E-state index in [-0.39, 0.29) is 11.1 Å². The summed E-state index contributed by atoms with van der Waals surface area (Å²) in [4.78, 5) is 4.73. The minimum atomic E-state index is -0.0836. The van der Waals surface area contributed by atoms with Gasteiger partial charge < -0.3 is 10.1 Å². The minimum Gasteiger partial charge on any atom is -0.375 e. The van der Waals surface area contributed by atoms with Crippen LogP contribution < -0.4 is 5.32 Å². The lowest BCUT2D eigenvalue weighted by atomic mass is 9.81. The molecular formula is C14H24N2OS. The van der Waals surface area contributed by atoms with E-state index in [0.29, 0.717) is 6.04 Å². The Kier molecular flexibility index (Phi) is 3.81. The zero-order valence-electron chi connectivity index (χ0n) is 12.0. The Morgan fingerprint density at radius 3 is 2.67 bits per heavy atom. The van der Waals surface area contributed by atoms with Gasteiger partial charge in [-0.2, -0.15) is 0 Å². The molecule has 102 valence electrons. The van der Waals surface area contributed by atoms with Gasteiger partial charge in [0.05, 0.1) is 11.1 Å². The molecule has 2 rings (SSSR count). The SMILES string of the molecule is Cc1csc(C2(NC(C)C)CCOC(C)(C)C2)n1. The normalized spacial score (nSPS) is 27.7. The van der Waals surface area contributed by atoms with Crippen LogP contribution in [0, 0.1) is 6.92 Å². The van der Waals surface area contributed by atoms with Gasteiger partial charge in [-0.15, -0.1) is 11.3 Å². The molecule has 0 aliphatic carbocycles. The maximum atomic E-state index is 5.87. The van der Waals surface area contributed by atoms with Gasteiger partial charge in [0.25, 0.3) is 0 Å². The van der Waals surface area contributed by atoms with Gasteiger partial charge in [-0.25, -0.2) is 4.98 Å². The predicted octanol–water partition coefficient (Wildman–Crippen LogP) is 3.23. The van der Waals surface area contributed by atoms with Gasteiger partial charge in [0.1, 0.15) is 5.01 Å². The van der Waals surface area contributed by atoms with Gasteiger partial charge in [0.15, 0.2) is 0 Å². The molecule has 1 aliphatic heterocycles. The lowest BCUT2D eigenvalue weighted by Gasteiger charge is -2.45. The summed E-state index contributed by atoms with van der Waals surface area (Å²) in [5.74, 6) is 0. The highest BCUT2D eigenvalue weighted by molar-refractivity contribution is 7.09. The van der Waals surface area contributed by atoms with Crippen LogP contribution in [0.1, 0.15) is 51.2 Å². The Hall–Kier alpha value is -0.450. The Morgan fingerprint density at radius 2 is 2.17 bits per heavy atom. The van der Waals surface area contributed by atoms with Crippen molar-refractivity contribution < 1.29 is 4.74 Å². The van der Waals surface area contributed by atoms with E-state index >= 15 is 0 Å². The van der Waals surface area contributed by atoms with Gasteiger partial charge in [-0.1, -0.05) is 0 Å². The molecule has 1 aliphatic rings. The second-order valence-electron chi connectivity index (χ2n) is 6.21. The first-order valence-electron chi connectivity index (χ1n) is 6.67. The molecule has 1 fully saturated rings. The van der Waals surface area contributed by atoms with Crippen LogP contribution in [0.25, 0.3) is 0 Å². The fourth-order valence-electron chi connectivity index (χ4n) is 2.86. The molecule has 0 aromatic carbocycles. The first-order valence-corrected chi connectivity index (χ1v) is 7.55. The maximum Gasteiger partial charge on any atom is 0.113 e. The van der Waals surface area contributed by atoms with Crippen LogP contribution in [-0.2, 0) is 10.3 Å². The van der Waals surface area contributed by atoms with Gasteiger partial charge in [0.2, 0.25) is 0 Å². The van der Waals surface area contributed by atoms with E-state index < -0.39 is 0 Å². The molecule has 0 spiro atoms. The number of nitrogens with zero attached hydrogens (tertiary/aromatic N) is 1. The van der Waals surface area contributed by atoms with Crippen molar-refractivity contribution in [2.24, 2.45) is 0 Å². The van der Waals surface area contributed by atoms with E-state index in [2.05, 4.69) is 45.3 Å². The zero-order valence-corrected chi connectivity index (χ0v) is 12.9. The molecule has 1 atom stereocenters. The third-order valence-corrected chi connectivity index (χ3v) is 4.51. The van der Waals surface area contributed by atoms with E-state index in [1.54, 1.807) is 11.3 Å². The molecule has 18 heavy (non-hydrogen) atoms. The number of ether oxygens (including phenoxy) is 1. The van der Waals surface area contributed by atoms with Crippen molar-refractivity contribution in [2.45, 2.75) is 64.6 Å². The molecule has 1 N–H and O–H groups in total. The molecule has 3 nitrogen and oxygen atoms in total. The van der Waals surface area contributed by atoms with Crippen molar-refractivity contribution in [1.82, 2.24) is 10.3 Å². The molecule has 0 radical (unpaired) electrons. The lowest BCUT2D eigenvalue weighted by molar-refractivity contribution is -0.0913. The zero-order chi connectivity index (χ0) is 13.4. The average Bonchev–Trinajstić information content (AvgIpc) is 2.62. The van der Waals surface area contributed by atoms with Crippen molar-refractivity contribution in [3.63, 3.8) is 0 Å². The van der Waals surface area contributed by atoms with E-state index in [9.17, 15) is 0 Å². The monoisotopic (exact) mass is 268 g/mol.